The average molecular weight is 297 g/mol. The van der Waals surface area contributed by atoms with Crippen LogP contribution in [0.1, 0.15) is 25.3 Å². The molecule has 1 heterocycles. The molecular weight excluding hydrogens is 274 g/mol. The number of ether oxygens (including phenoxy) is 1. The van der Waals surface area contributed by atoms with Crippen LogP contribution >= 0.6 is 0 Å². The van der Waals surface area contributed by atoms with Crippen molar-refractivity contribution in [2.45, 2.75) is 38.3 Å². The summed E-state index contributed by atoms with van der Waals surface area (Å²) in [6, 6.07) is 8.63. The van der Waals surface area contributed by atoms with Crippen molar-refractivity contribution in [2.24, 2.45) is 0 Å². The smallest absolute Gasteiger partial charge is 0.150 e. The van der Waals surface area contributed by atoms with E-state index < -0.39 is 9.84 Å². The van der Waals surface area contributed by atoms with Gasteiger partial charge in [-0.05, 0) is 37.8 Å². The summed E-state index contributed by atoms with van der Waals surface area (Å²) in [6.45, 7) is 2.13. The minimum atomic E-state index is -2.78. The fourth-order valence-corrected chi connectivity index (χ4v) is 4.21. The summed E-state index contributed by atoms with van der Waals surface area (Å²) in [5, 5.41) is 3.54. The molecule has 1 aliphatic rings. The molecule has 4 nitrogen and oxygen atoms in total. The van der Waals surface area contributed by atoms with Crippen molar-refractivity contribution in [3.63, 3.8) is 0 Å². The highest BCUT2D eigenvalue weighted by Crippen LogP contribution is 2.20. The van der Waals surface area contributed by atoms with Gasteiger partial charge in [0.2, 0.25) is 0 Å². The Bertz CT molecular complexity index is 528. The van der Waals surface area contributed by atoms with Crippen LogP contribution in [0.15, 0.2) is 24.3 Å². The van der Waals surface area contributed by atoms with Gasteiger partial charge in [-0.15, -0.1) is 0 Å². The Balaban J connectivity index is 1.88. The van der Waals surface area contributed by atoms with E-state index in [4.69, 9.17) is 4.74 Å². The van der Waals surface area contributed by atoms with Crippen LogP contribution < -0.4 is 10.1 Å². The SMILES string of the molecule is COc1ccccc1CC(C)NC1CCS(=O)(=O)CC1. The quantitative estimate of drug-likeness (QED) is 0.900. The van der Waals surface area contributed by atoms with Crippen LogP contribution in [0.3, 0.4) is 0 Å². The highest BCUT2D eigenvalue weighted by Gasteiger charge is 2.24. The van der Waals surface area contributed by atoms with Gasteiger partial charge >= 0.3 is 0 Å². The van der Waals surface area contributed by atoms with E-state index in [0.717, 1.165) is 25.0 Å². The highest BCUT2D eigenvalue weighted by atomic mass is 32.2. The molecule has 2 rings (SSSR count). The number of rotatable bonds is 5. The van der Waals surface area contributed by atoms with Gasteiger partial charge in [0.25, 0.3) is 0 Å². The third-order valence-electron chi connectivity index (χ3n) is 3.79. The standard InChI is InChI=1S/C15H23NO3S/c1-12(11-13-5-3-4-6-15(13)19-2)16-14-7-9-20(17,18)10-8-14/h3-6,12,14,16H,7-11H2,1-2H3. The van der Waals surface area contributed by atoms with Gasteiger partial charge in [-0.25, -0.2) is 8.42 Å². The van der Waals surface area contributed by atoms with Crippen LogP contribution in [0.4, 0.5) is 0 Å². The van der Waals surface area contributed by atoms with Crippen LogP contribution in [0, 0.1) is 0 Å². The molecule has 112 valence electrons. The predicted molar refractivity (Wildman–Crippen MR) is 81.0 cm³/mol. The summed E-state index contributed by atoms with van der Waals surface area (Å²) in [7, 11) is -1.10. The lowest BCUT2D eigenvalue weighted by atomic mass is 10.0. The lowest BCUT2D eigenvalue weighted by Crippen LogP contribution is -2.42. The van der Waals surface area contributed by atoms with Crippen molar-refractivity contribution in [1.29, 1.82) is 0 Å². The second-order valence-electron chi connectivity index (χ2n) is 5.51. The molecule has 5 heteroatoms. The number of hydrogen-bond acceptors (Lipinski definition) is 4. The van der Waals surface area contributed by atoms with Gasteiger partial charge in [0.1, 0.15) is 15.6 Å². The molecule has 0 amide bonds. The van der Waals surface area contributed by atoms with Gasteiger partial charge in [0.15, 0.2) is 0 Å². The molecular formula is C15H23NO3S. The molecule has 20 heavy (non-hydrogen) atoms. The first kappa shape index (κ1) is 15.3. The summed E-state index contributed by atoms with van der Waals surface area (Å²) in [6.07, 6.45) is 2.32. The summed E-state index contributed by atoms with van der Waals surface area (Å²) in [5.74, 6) is 1.53. The Hall–Kier alpha value is -1.07. The van der Waals surface area contributed by atoms with Crippen LogP contribution in [0.5, 0.6) is 5.75 Å². The minimum Gasteiger partial charge on any atom is -0.496 e. The van der Waals surface area contributed by atoms with Gasteiger partial charge in [-0.3, -0.25) is 0 Å². The topological polar surface area (TPSA) is 55.4 Å². The second kappa shape index (κ2) is 6.59. The third-order valence-corrected chi connectivity index (χ3v) is 5.51. The number of para-hydroxylation sites is 1. The van der Waals surface area contributed by atoms with E-state index in [0.29, 0.717) is 23.6 Å². The van der Waals surface area contributed by atoms with Crippen molar-refractivity contribution < 1.29 is 13.2 Å². The van der Waals surface area contributed by atoms with Crippen LogP contribution in [-0.2, 0) is 16.3 Å². The molecule has 1 atom stereocenters. The Labute approximate surface area is 121 Å². The number of sulfone groups is 1. The molecule has 1 fully saturated rings. The largest absolute Gasteiger partial charge is 0.496 e. The van der Waals surface area contributed by atoms with Gasteiger partial charge in [0.05, 0.1) is 18.6 Å². The van der Waals surface area contributed by atoms with Crippen molar-refractivity contribution in [2.75, 3.05) is 18.6 Å². The van der Waals surface area contributed by atoms with Gasteiger partial charge in [-0.1, -0.05) is 18.2 Å². The molecule has 0 aliphatic carbocycles. The molecule has 0 saturated carbocycles. The minimum absolute atomic E-state index is 0.303. The summed E-state index contributed by atoms with van der Waals surface area (Å²) >= 11 is 0. The van der Waals surface area contributed by atoms with Crippen molar-refractivity contribution in [3.8, 4) is 5.75 Å². The van der Waals surface area contributed by atoms with Crippen LogP contribution in [0.25, 0.3) is 0 Å². The maximum absolute atomic E-state index is 11.4. The Kier molecular flexibility index (Phi) is 5.05. The molecule has 1 aliphatic heterocycles. The molecule has 1 aromatic carbocycles. The first-order valence-corrected chi connectivity index (χ1v) is 8.90. The molecule has 1 aromatic rings. The molecule has 0 radical (unpaired) electrons. The number of nitrogens with one attached hydrogen (secondary N) is 1. The van der Waals surface area contributed by atoms with E-state index >= 15 is 0 Å². The third kappa shape index (κ3) is 4.21. The highest BCUT2D eigenvalue weighted by molar-refractivity contribution is 7.91. The lowest BCUT2D eigenvalue weighted by molar-refractivity contribution is 0.392. The first-order valence-electron chi connectivity index (χ1n) is 7.08. The zero-order valence-electron chi connectivity index (χ0n) is 12.1. The van der Waals surface area contributed by atoms with E-state index in [9.17, 15) is 8.42 Å². The number of benzene rings is 1. The van der Waals surface area contributed by atoms with Crippen LogP contribution in [0.2, 0.25) is 0 Å². The fraction of sp³-hybridized carbons (Fsp3) is 0.600. The zero-order chi connectivity index (χ0) is 14.6. The van der Waals surface area contributed by atoms with Gasteiger partial charge < -0.3 is 10.1 Å². The predicted octanol–water partition coefficient (Wildman–Crippen LogP) is 1.79. The van der Waals surface area contributed by atoms with E-state index in [2.05, 4.69) is 18.3 Å². The maximum atomic E-state index is 11.4. The van der Waals surface area contributed by atoms with Crippen molar-refractivity contribution in [1.82, 2.24) is 5.32 Å². The fourth-order valence-electron chi connectivity index (χ4n) is 2.72. The molecule has 0 spiro atoms. The van der Waals surface area contributed by atoms with Crippen molar-refractivity contribution >= 4 is 9.84 Å². The lowest BCUT2D eigenvalue weighted by Gasteiger charge is -2.27. The van der Waals surface area contributed by atoms with Crippen molar-refractivity contribution in [3.05, 3.63) is 29.8 Å². The first-order chi connectivity index (χ1) is 9.50. The van der Waals surface area contributed by atoms with Gasteiger partial charge in [-0.2, -0.15) is 0 Å². The summed E-state index contributed by atoms with van der Waals surface area (Å²) < 4.78 is 28.2. The number of hydrogen-bond donors (Lipinski definition) is 1. The molecule has 0 aromatic heterocycles. The second-order valence-corrected chi connectivity index (χ2v) is 7.81. The Morgan fingerprint density at radius 3 is 2.60 bits per heavy atom. The van der Waals surface area contributed by atoms with E-state index in [1.807, 2.05) is 18.2 Å². The Morgan fingerprint density at radius 1 is 1.30 bits per heavy atom. The zero-order valence-corrected chi connectivity index (χ0v) is 12.9. The number of methoxy groups -OCH3 is 1. The Morgan fingerprint density at radius 2 is 1.95 bits per heavy atom. The molecule has 1 N–H and O–H groups in total. The van der Waals surface area contributed by atoms with E-state index in [1.165, 1.54) is 5.56 Å². The van der Waals surface area contributed by atoms with E-state index in [-0.39, 0.29) is 0 Å². The van der Waals surface area contributed by atoms with Gasteiger partial charge in [0, 0.05) is 12.1 Å². The average Bonchev–Trinajstić information content (AvgIpc) is 2.42. The summed E-state index contributed by atoms with van der Waals surface area (Å²) in [5.41, 5.74) is 1.18. The summed E-state index contributed by atoms with van der Waals surface area (Å²) in [4.78, 5) is 0. The monoisotopic (exact) mass is 297 g/mol. The molecule has 0 bridgehead atoms. The van der Waals surface area contributed by atoms with Crippen LogP contribution in [-0.4, -0.2) is 39.1 Å². The molecule has 1 saturated heterocycles. The normalized spacial score (nSPS) is 20.5. The maximum Gasteiger partial charge on any atom is 0.150 e. The molecule has 1 unspecified atom stereocenters. The van der Waals surface area contributed by atoms with E-state index in [1.54, 1.807) is 7.11 Å².